The molecule has 0 aromatic heterocycles. The monoisotopic (exact) mass is 339 g/mol. The first kappa shape index (κ1) is 17.9. The minimum atomic E-state index is -3.50. The van der Waals surface area contributed by atoms with Gasteiger partial charge in [0.2, 0.25) is 15.9 Å². The van der Waals surface area contributed by atoms with Gasteiger partial charge in [-0.15, -0.1) is 0 Å². The largest absolute Gasteiger partial charge is 0.326 e. The Balaban J connectivity index is 2.20. The number of likely N-dealkylation sites (N-methyl/N-ethyl adjacent to an activating group) is 1. The van der Waals surface area contributed by atoms with Crippen molar-refractivity contribution in [1.82, 2.24) is 9.21 Å². The molecule has 0 saturated carbocycles. The number of carbonyl (C=O) groups is 1. The third-order valence-corrected chi connectivity index (χ3v) is 6.03. The van der Waals surface area contributed by atoms with E-state index in [2.05, 4.69) is 10.2 Å². The van der Waals surface area contributed by atoms with Gasteiger partial charge in [0.25, 0.3) is 0 Å². The normalized spacial score (nSPS) is 20.3. The average molecular weight is 339 g/mol. The summed E-state index contributed by atoms with van der Waals surface area (Å²) in [6.45, 7) is 2.49. The van der Waals surface area contributed by atoms with E-state index in [0.717, 1.165) is 19.3 Å². The summed E-state index contributed by atoms with van der Waals surface area (Å²) in [4.78, 5) is 13.4. The van der Waals surface area contributed by atoms with Crippen LogP contribution < -0.4 is 5.32 Å². The third-order valence-electron chi connectivity index (χ3n) is 4.15. The molecule has 0 bridgehead atoms. The lowest BCUT2D eigenvalue weighted by molar-refractivity contribution is -0.114. The highest BCUT2D eigenvalue weighted by atomic mass is 32.2. The van der Waals surface area contributed by atoms with Gasteiger partial charge in [0.05, 0.1) is 4.90 Å². The van der Waals surface area contributed by atoms with Crippen molar-refractivity contribution in [3.8, 4) is 0 Å². The topological polar surface area (TPSA) is 69.7 Å². The molecule has 2 rings (SSSR count). The van der Waals surface area contributed by atoms with Crippen molar-refractivity contribution in [3.05, 3.63) is 24.3 Å². The molecule has 1 aromatic carbocycles. The van der Waals surface area contributed by atoms with Crippen LogP contribution in [-0.2, 0) is 14.8 Å². The van der Waals surface area contributed by atoms with Crippen molar-refractivity contribution in [1.29, 1.82) is 0 Å². The van der Waals surface area contributed by atoms with Crippen LogP contribution >= 0.6 is 0 Å². The van der Waals surface area contributed by atoms with Gasteiger partial charge < -0.3 is 10.2 Å². The Labute approximate surface area is 138 Å². The van der Waals surface area contributed by atoms with Gasteiger partial charge in [0, 0.05) is 31.7 Å². The Kier molecular flexibility index (Phi) is 5.78. The number of carbonyl (C=O) groups excluding carboxylic acids is 1. The SMILES string of the molecule is CC(=O)Nc1ccc(S(=O)(=O)N2CCCCC(N(C)C)C2)cc1. The third kappa shape index (κ3) is 4.53. The zero-order valence-corrected chi connectivity index (χ0v) is 14.8. The number of nitrogens with zero attached hydrogens (tertiary/aromatic N) is 2. The molecule has 1 atom stereocenters. The van der Waals surface area contributed by atoms with Gasteiger partial charge in [-0.3, -0.25) is 4.79 Å². The lowest BCUT2D eigenvalue weighted by atomic mass is 10.1. The summed E-state index contributed by atoms with van der Waals surface area (Å²) < 4.78 is 27.3. The van der Waals surface area contributed by atoms with E-state index in [0.29, 0.717) is 18.8 Å². The molecule has 1 heterocycles. The van der Waals surface area contributed by atoms with Gasteiger partial charge in [-0.2, -0.15) is 4.31 Å². The predicted octanol–water partition coefficient (Wildman–Crippen LogP) is 1.75. The van der Waals surface area contributed by atoms with Crippen LogP contribution in [0.3, 0.4) is 0 Å². The van der Waals surface area contributed by atoms with Crippen molar-refractivity contribution in [3.63, 3.8) is 0 Å². The summed E-state index contributed by atoms with van der Waals surface area (Å²) in [6.07, 6.45) is 2.93. The highest BCUT2D eigenvalue weighted by Crippen LogP contribution is 2.23. The Hall–Kier alpha value is -1.44. The second-order valence-electron chi connectivity index (χ2n) is 6.18. The molecule has 0 spiro atoms. The number of amides is 1. The molecule has 1 aliphatic rings. The fourth-order valence-electron chi connectivity index (χ4n) is 2.79. The molecule has 1 aromatic rings. The lowest BCUT2D eigenvalue weighted by Crippen LogP contribution is -2.41. The maximum absolute atomic E-state index is 12.9. The second-order valence-corrected chi connectivity index (χ2v) is 8.12. The van der Waals surface area contributed by atoms with Crippen LogP contribution in [-0.4, -0.2) is 56.8 Å². The van der Waals surface area contributed by atoms with Gasteiger partial charge in [-0.25, -0.2) is 8.42 Å². The summed E-state index contributed by atoms with van der Waals surface area (Å²) in [5.74, 6) is -0.179. The molecule has 1 fully saturated rings. The van der Waals surface area contributed by atoms with E-state index >= 15 is 0 Å². The van der Waals surface area contributed by atoms with Crippen LogP contribution in [0.5, 0.6) is 0 Å². The second kappa shape index (κ2) is 7.42. The van der Waals surface area contributed by atoms with E-state index in [-0.39, 0.29) is 16.8 Å². The minimum absolute atomic E-state index is 0.179. The number of rotatable bonds is 4. The fourth-order valence-corrected chi connectivity index (χ4v) is 4.30. The van der Waals surface area contributed by atoms with E-state index in [9.17, 15) is 13.2 Å². The standard InChI is InChI=1S/C16H25N3O3S/c1-13(20)17-14-7-9-16(10-8-14)23(21,22)19-11-5-4-6-15(12-19)18(2)3/h7-10,15H,4-6,11-12H2,1-3H3,(H,17,20). The van der Waals surface area contributed by atoms with E-state index in [1.54, 1.807) is 28.6 Å². The first-order chi connectivity index (χ1) is 10.8. The first-order valence-electron chi connectivity index (χ1n) is 7.85. The summed E-state index contributed by atoms with van der Waals surface area (Å²) in [5, 5.41) is 2.64. The number of benzene rings is 1. The van der Waals surface area contributed by atoms with Crippen molar-refractivity contribution >= 4 is 21.6 Å². The van der Waals surface area contributed by atoms with Crippen LogP contribution in [0, 0.1) is 0 Å². The molecule has 1 aliphatic heterocycles. The zero-order chi connectivity index (χ0) is 17.0. The van der Waals surface area contributed by atoms with Gasteiger partial charge >= 0.3 is 0 Å². The minimum Gasteiger partial charge on any atom is -0.326 e. The molecule has 1 amide bonds. The van der Waals surface area contributed by atoms with E-state index in [4.69, 9.17) is 0 Å². The van der Waals surface area contributed by atoms with Crippen molar-refractivity contribution in [2.45, 2.75) is 37.1 Å². The predicted molar refractivity (Wildman–Crippen MR) is 90.8 cm³/mol. The smallest absolute Gasteiger partial charge is 0.243 e. The summed E-state index contributed by atoms with van der Waals surface area (Å²) in [7, 11) is 0.475. The summed E-state index contributed by atoms with van der Waals surface area (Å²) >= 11 is 0. The van der Waals surface area contributed by atoms with Crippen molar-refractivity contribution < 1.29 is 13.2 Å². The molecule has 0 aliphatic carbocycles. The molecular formula is C16H25N3O3S. The van der Waals surface area contributed by atoms with Gasteiger partial charge in [-0.1, -0.05) is 6.42 Å². The van der Waals surface area contributed by atoms with Gasteiger partial charge in [0.1, 0.15) is 0 Å². The lowest BCUT2D eigenvalue weighted by Gasteiger charge is -2.28. The van der Waals surface area contributed by atoms with Crippen LogP contribution in [0.15, 0.2) is 29.2 Å². The van der Waals surface area contributed by atoms with Gasteiger partial charge in [0.15, 0.2) is 0 Å². The Bertz CT molecular complexity index is 641. The van der Waals surface area contributed by atoms with E-state index < -0.39 is 10.0 Å². The Morgan fingerprint density at radius 2 is 1.87 bits per heavy atom. The van der Waals surface area contributed by atoms with Crippen LogP contribution in [0.25, 0.3) is 0 Å². The molecule has 1 N–H and O–H groups in total. The average Bonchev–Trinajstić information content (AvgIpc) is 2.73. The first-order valence-corrected chi connectivity index (χ1v) is 9.29. The Morgan fingerprint density at radius 1 is 1.22 bits per heavy atom. The Morgan fingerprint density at radius 3 is 2.43 bits per heavy atom. The van der Waals surface area contributed by atoms with Crippen molar-refractivity contribution in [2.75, 3.05) is 32.5 Å². The number of nitrogens with one attached hydrogen (secondary N) is 1. The molecule has 0 radical (unpaired) electrons. The van der Waals surface area contributed by atoms with Crippen LogP contribution in [0.2, 0.25) is 0 Å². The molecule has 7 heteroatoms. The van der Waals surface area contributed by atoms with E-state index in [1.807, 2.05) is 14.1 Å². The van der Waals surface area contributed by atoms with Gasteiger partial charge in [-0.05, 0) is 51.2 Å². The highest BCUT2D eigenvalue weighted by Gasteiger charge is 2.29. The van der Waals surface area contributed by atoms with Crippen LogP contribution in [0.1, 0.15) is 26.2 Å². The molecule has 6 nitrogen and oxygen atoms in total. The molecule has 23 heavy (non-hydrogen) atoms. The number of hydrogen-bond donors (Lipinski definition) is 1. The quantitative estimate of drug-likeness (QED) is 0.907. The molecule has 1 unspecified atom stereocenters. The number of hydrogen-bond acceptors (Lipinski definition) is 4. The molecule has 128 valence electrons. The fraction of sp³-hybridized carbons (Fsp3) is 0.562. The highest BCUT2D eigenvalue weighted by molar-refractivity contribution is 7.89. The molecular weight excluding hydrogens is 314 g/mol. The van der Waals surface area contributed by atoms with Crippen molar-refractivity contribution in [2.24, 2.45) is 0 Å². The zero-order valence-electron chi connectivity index (χ0n) is 13.9. The number of anilines is 1. The number of sulfonamides is 1. The summed E-state index contributed by atoms with van der Waals surface area (Å²) in [6, 6.07) is 6.59. The summed E-state index contributed by atoms with van der Waals surface area (Å²) in [5.41, 5.74) is 0.596. The maximum atomic E-state index is 12.9. The maximum Gasteiger partial charge on any atom is 0.243 e. The van der Waals surface area contributed by atoms with Crippen LogP contribution in [0.4, 0.5) is 5.69 Å². The van der Waals surface area contributed by atoms with E-state index in [1.165, 1.54) is 6.92 Å². The molecule has 1 saturated heterocycles.